The number of unbranched alkanes of at least 4 members (excludes halogenated alkanes) is 2. The summed E-state index contributed by atoms with van der Waals surface area (Å²) >= 11 is 0. The molecule has 5 heteroatoms. The van der Waals surface area contributed by atoms with Gasteiger partial charge in [0.25, 0.3) is 5.91 Å². The van der Waals surface area contributed by atoms with Crippen molar-refractivity contribution in [2.75, 3.05) is 20.3 Å². The first kappa shape index (κ1) is 15.8. The van der Waals surface area contributed by atoms with E-state index < -0.39 is 0 Å². The third kappa shape index (κ3) is 3.19. The van der Waals surface area contributed by atoms with Crippen molar-refractivity contribution in [3.05, 3.63) is 17.7 Å². The first-order chi connectivity index (χ1) is 11.2. The minimum Gasteiger partial charge on any atom is -0.493 e. The van der Waals surface area contributed by atoms with Crippen LogP contribution in [-0.4, -0.2) is 43.3 Å². The van der Waals surface area contributed by atoms with Crippen LogP contribution in [-0.2, 0) is 0 Å². The fraction of sp³-hybridized carbons (Fsp3) is 0.556. The molecular formula is C18H24N2O3. The molecule has 23 heavy (non-hydrogen) atoms. The van der Waals surface area contributed by atoms with E-state index in [1.54, 1.807) is 13.2 Å². The summed E-state index contributed by atoms with van der Waals surface area (Å²) in [6.07, 6.45) is 7.22. The van der Waals surface area contributed by atoms with Crippen molar-refractivity contribution >= 4 is 17.8 Å². The lowest BCUT2D eigenvalue weighted by molar-refractivity contribution is 0.0774. The highest BCUT2D eigenvalue weighted by Gasteiger charge is 2.32. The second-order valence-electron chi connectivity index (χ2n) is 6.06. The normalized spacial score (nSPS) is 19.3. The molecule has 3 rings (SSSR count). The Morgan fingerprint density at radius 1 is 1.30 bits per heavy atom. The van der Waals surface area contributed by atoms with Gasteiger partial charge in [-0.3, -0.25) is 9.79 Å². The van der Waals surface area contributed by atoms with Gasteiger partial charge in [0.2, 0.25) is 0 Å². The van der Waals surface area contributed by atoms with Gasteiger partial charge in [-0.25, -0.2) is 0 Å². The van der Waals surface area contributed by atoms with Crippen molar-refractivity contribution in [2.45, 2.75) is 45.1 Å². The Balaban J connectivity index is 1.87. The maximum absolute atomic E-state index is 12.7. The van der Waals surface area contributed by atoms with Crippen LogP contribution in [0, 0.1) is 0 Å². The van der Waals surface area contributed by atoms with E-state index in [0.29, 0.717) is 29.4 Å². The van der Waals surface area contributed by atoms with Gasteiger partial charge in [0.1, 0.15) is 0 Å². The number of carbonyl (C=O) groups excluding carboxylic acids is 1. The number of carbonyl (C=O) groups is 1. The molecule has 0 spiro atoms. The summed E-state index contributed by atoms with van der Waals surface area (Å²) in [4.78, 5) is 19.2. The molecule has 0 bridgehead atoms. The van der Waals surface area contributed by atoms with Crippen LogP contribution in [0.15, 0.2) is 17.1 Å². The van der Waals surface area contributed by atoms with Gasteiger partial charge in [-0.1, -0.05) is 19.8 Å². The molecule has 2 aliphatic rings. The van der Waals surface area contributed by atoms with E-state index in [0.717, 1.165) is 38.6 Å². The number of fused-ring (bicyclic) bond motifs is 2. The lowest BCUT2D eigenvalue weighted by Crippen LogP contribution is -2.35. The fourth-order valence-electron chi connectivity index (χ4n) is 3.15. The van der Waals surface area contributed by atoms with Crippen LogP contribution in [0.25, 0.3) is 0 Å². The largest absolute Gasteiger partial charge is 0.493 e. The van der Waals surface area contributed by atoms with E-state index in [-0.39, 0.29) is 11.9 Å². The molecule has 2 aliphatic heterocycles. The first-order valence-electron chi connectivity index (χ1n) is 8.44. The van der Waals surface area contributed by atoms with Crippen LogP contribution >= 0.6 is 0 Å². The highest BCUT2D eigenvalue weighted by Crippen LogP contribution is 2.38. The van der Waals surface area contributed by atoms with E-state index in [1.807, 2.05) is 17.2 Å². The summed E-state index contributed by atoms with van der Waals surface area (Å²) in [5, 5.41) is 0. The van der Waals surface area contributed by atoms with Crippen molar-refractivity contribution in [1.29, 1.82) is 0 Å². The summed E-state index contributed by atoms with van der Waals surface area (Å²) in [5.41, 5.74) is 1.28. The Kier molecular flexibility index (Phi) is 4.84. The van der Waals surface area contributed by atoms with Crippen LogP contribution in [0.2, 0.25) is 0 Å². The monoisotopic (exact) mass is 316 g/mol. The molecule has 1 aromatic carbocycles. The van der Waals surface area contributed by atoms with Crippen molar-refractivity contribution in [2.24, 2.45) is 4.99 Å². The standard InChI is InChI=1S/C18H24N2O3/c1-3-4-5-9-23-17-11-15-14(10-16(17)22-2)18(21)20-8-6-7-13(20)12-19-15/h10-13H,3-9H2,1-2H3/t13-/m0/s1. The molecule has 0 unspecified atom stereocenters. The Hall–Kier alpha value is -2.04. The van der Waals surface area contributed by atoms with E-state index in [9.17, 15) is 4.79 Å². The Morgan fingerprint density at radius 3 is 2.96 bits per heavy atom. The quantitative estimate of drug-likeness (QED) is 0.754. The molecule has 1 atom stereocenters. The predicted molar refractivity (Wildman–Crippen MR) is 90.2 cm³/mol. The van der Waals surface area contributed by atoms with Crippen LogP contribution < -0.4 is 9.47 Å². The van der Waals surface area contributed by atoms with Gasteiger partial charge < -0.3 is 14.4 Å². The fourth-order valence-corrected chi connectivity index (χ4v) is 3.15. The minimum absolute atomic E-state index is 0.0378. The second-order valence-corrected chi connectivity index (χ2v) is 6.06. The number of hydrogen-bond acceptors (Lipinski definition) is 4. The van der Waals surface area contributed by atoms with E-state index in [2.05, 4.69) is 11.9 Å². The van der Waals surface area contributed by atoms with Crippen molar-refractivity contribution < 1.29 is 14.3 Å². The molecule has 0 N–H and O–H groups in total. The van der Waals surface area contributed by atoms with Gasteiger partial charge in [0, 0.05) is 18.8 Å². The summed E-state index contributed by atoms with van der Waals surface area (Å²) < 4.78 is 11.3. The third-order valence-electron chi connectivity index (χ3n) is 4.46. The van der Waals surface area contributed by atoms with E-state index >= 15 is 0 Å². The van der Waals surface area contributed by atoms with Crippen LogP contribution in [0.4, 0.5) is 5.69 Å². The molecular weight excluding hydrogens is 292 g/mol. The maximum Gasteiger partial charge on any atom is 0.256 e. The molecule has 0 saturated carbocycles. The summed E-state index contributed by atoms with van der Waals surface area (Å²) in [6.45, 7) is 3.61. The smallest absolute Gasteiger partial charge is 0.256 e. The van der Waals surface area contributed by atoms with Gasteiger partial charge in [0.15, 0.2) is 11.5 Å². The molecule has 1 saturated heterocycles. The highest BCUT2D eigenvalue weighted by molar-refractivity contribution is 6.03. The zero-order chi connectivity index (χ0) is 16.2. The number of ether oxygens (including phenoxy) is 2. The number of hydrogen-bond donors (Lipinski definition) is 0. The Morgan fingerprint density at radius 2 is 2.17 bits per heavy atom. The molecule has 1 amide bonds. The molecule has 1 aromatic rings. The lowest BCUT2D eigenvalue weighted by Gasteiger charge is -2.20. The van der Waals surface area contributed by atoms with E-state index in [1.165, 1.54) is 0 Å². The van der Waals surface area contributed by atoms with Crippen LogP contribution in [0.3, 0.4) is 0 Å². The summed E-state index contributed by atoms with van der Waals surface area (Å²) in [5.74, 6) is 1.30. The molecule has 124 valence electrons. The third-order valence-corrected chi connectivity index (χ3v) is 4.46. The topological polar surface area (TPSA) is 51.1 Å². The number of methoxy groups -OCH3 is 1. The van der Waals surface area contributed by atoms with Crippen LogP contribution in [0.1, 0.15) is 49.4 Å². The molecule has 2 heterocycles. The SMILES string of the molecule is CCCCCOc1cc2c(cc1OC)C(=O)N1CCC[C@H]1C=N2. The summed E-state index contributed by atoms with van der Waals surface area (Å²) in [6, 6.07) is 3.72. The van der Waals surface area contributed by atoms with Gasteiger partial charge >= 0.3 is 0 Å². The van der Waals surface area contributed by atoms with Gasteiger partial charge in [-0.2, -0.15) is 0 Å². The van der Waals surface area contributed by atoms with Crippen molar-refractivity contribution in [3.63, 3.8) is 0 Å². The molecule has 0 aromatic heterocycles. The number of benzene rings is 1. The average molecular weight is 316 g/mol. The average Bonchev–Trinajstić information content (AvgIpc) is 3.00. The first-order valence-corrected chi connectivity index (χ1v) is 8.44. The zero-order valence-electron chi connectivity index (χ0n) is 13.9. The Labute approximate surface area is 137 Å². The number of nitrogens with zero attached hydrogens (tertiary/aromatic N) is 2. The molecule has 0 radical (unpaired) electrons. The molecule has 1 fully saturated rings. The molecule has 0 aliphatic carbocycles. The summed E-state index contributed by atoms with van der Waals surface area (Å²) in [7, 11) is 1.60. The van der Waals surface area contributed by atoms with Gasteiger partial charge in [0.05, 0.1) is 31.0 Å². The molecule has 5 nitrogen and oxygen atoms in total. The number of amides is 1. The van der Waals surface area contributed by atoms with Gasteiger partial charge in [-0.05, 0) is 25.3 Å². The predicted octanol–water partition coefficient (Wildman–Crippen LogP) is 3.58. The van der Waals surface area contributed by atoms with Crippen LogP contribution in [0.5, 0.6) is 11.5 Å². The maximum atomic E-state index is 12.7. The Bertz CT molecular complexity index is 613. The lowest BCUT2D eigenvalue weighted by atomic mass is 10.1. The van der Waals surface area contributed by atoms with Crippen molar-refractivity contribution in [3.8, 4) is 11.5 Å². The second kappa shape index (κ2) is 7.02. The van der Waals surface area contributed by atoms with Gasteiger partial charge in [-0.15, -0.1) is 0 Å². The number of aliphatic imine (C=N–C) groups is 1. The highest BCUT2D eigenvalue weighted by atomic mass is 16.5. The minimum atomic E-state index is 0.0378. The van der Waals surface area contributed by atoms with E-state index in [4.69, 9.17) is 9.47 Å². The zero-order valence-corrected chi connectivity index (χ0v) is 13.9. The number of rotatable bonds is 6. The van der Waals surface area contributed by atoms with Crippen molar-refractivity contribution in [1.82, 2.24) is 4.90 Å².